The van der Waals surface area contributed by atoms with Crippen molar-refractivity contribution < 1.29 is 9.21 Å². The van der Waals surface area contributed by atoms with Crippen LogP contribution in [-0.4, -0.2) is 27.2 Å². The van der Waals surface area contributed by atoms with Gasteiger partial charge in [0.15, 0.2) is 11.6 Å². The number of hydrogen-bond acceptors (Lipinski definition) is 5. The molecule has 3 rings (SSSR count). The second-order valence-corrected chi connectivity index (χ2v) is 7.08. The van der Waals surface area contributed by atoms with Crippen molar-refractivity contribution in [3.05, 3.63) is 42.7 Å². The first-order valence-electron chi connectivity index (χ1n) is 8.83. The monoisotopic (exact) mass is 379 g/mol. The number of nitrogens with one attached hydrogen (secondary N) is 1. The Morgan fingerprint density at radius 3 is 2.67 bits per heavy atom. The van der Waals surface area contributed by atoms with E-state index in [1.54, 1.807) is 12.3 Å². The van der Waals surface area contributed by atoms with Gasteiger partial charge in [0.25, 0.3) is 0 Å². The molecule has 1 amide bonds. The molecule has 2 aromatic heterocycles. The molecule has 0 unspecified atom stereocenters. The number of thioether (sulfide) groups is 1. The van der Waals surface area contributed by atoms with E-state index < -0.39 is 5.54 Å². The van der Waals surface area contributed by atoms with E-state index in [2.05, 4.69) is 21.2 Å². The summed E-state index contributed by atoms with van der Waals surface area (Å²) in [5.41, 5.74) is 0.215. The highest BCUT2D eigenvalue weighted by Crippen LogP contribution is 2.28. The highest BCUT2D eigenvalue weighted by Gasteiger charge is 2.25. The zero-order valence-electron chi connectivity index (χ0n) is 15.4. The van der Waals surface area contributed by atoms with Gasteiger partial charge in [0.1, 0.15) is 10.6 Å². The van der Waals surface area contributed by atoms with E-state index in [0.717, 1.165) is 15.9 Å². The summed E-state index contributed by atoms with van der Waals surface area (Å²) in [4.78, 5) is 21.6. The van der Waals surface area contributed by atoms with E-state index in [1.807, 2.05) is 44.2 Å². The Balaban J connectivity index is 1.84. The molecule has 0 atom stereocenters. The van der Waals surface area contributed by atoms with Gasteiger partial charge in [0.2, 0.25) is 5.91 Å². The maximum atomic E-state index is 12.5. The molecule has 0 bridgehead atoms. The number of furan rings is 1. The molecule has 0 saturated heterocycles. The summed E-state index contributed by atoms with van der Waals surface area (Å²) >= 11 is 1.37. The Kier molecular flexibility index (Phi) is 5.82. The van der Waals surface area contributed by atoms with Gasteiger partial charge >= 0.3 is 0 Å². The lowest BCUT2D eigenvalue weighted by Crippen LogP contribution is -2.47. The molecule has 1 aromatic carbocycles. The molecule has 0 saturated carbocycles. The van der Waals surface area contributed by atoms with Crippen LogP contribution in [0, 0.1) is 12.3 Å². The molecular formula is C21H21N3O2S. The van der Waals surface area contributed by atoms with E-state index in [9.17, 15) is 4.79 Å². The Bertz CT molecular complexity index is 973. The van der Waals surface area contributed by atoms with Gasteiger partial charge in [-0.15, -0.1) is 6.42 Å². The van der Waals surface area contributed by atoms with Crippen LogP contribution in [0.1, 0.15) is 26.7 Å². The number of benzene rings is 1. The third-order valence-corrected chi connectivity index (χ3v) is 5.50. The molecular weight excluding hydrogens is 358 g/mol. The fraction of sp³-hybridized carbons (Fsp3) is 0.286. The lowest BCUT2D eigenvalue weighted by atomic mass is 9.94. The number of hydrogen-bond donors (Lipinski definition) is 1. The molecule has 0 spiro atoms. The van der Waals surface area contributed by atoms with Crippen LogP contribution in [0.3, 0.4) is 0 Å². The van der Waals surface area contributed by atoms with E-state index in [0.29, 0.717) is 24.4 Å². The van der Waals surface area contributed by atoms with Gasteiger partial charge in [-0.05, 0) is 31.0 Å². The smallest absolute Gasteiger partial charge is 0.231 e. The molecule has 0 fully saturated rings. The number of terminal acetylenes is 1. The van der Waals surface area contributed by atoms with Gasteiger partial charge in [0, 0.05) is 5.39 Å². The average Bonchev–Trinajstić information content (AvgIpc) is 3.25. The molecule has 0 aliphatic carbocycles. The van der Waals surface area contributed by atoms with Crippen molar-refractivity contribution in [2.24, 2.45) is 0 Å². The number of amides is 1. The predicted octanol–water partition coefficient (Wildman–Crippen LogP) is 4.29. The number of aromatic nitrogens is 2. The van der Waals surface area contributed by atoms with Gasteiger partial charge in [-0.1, -0.05) is 49.7 Å². The number of nitrogens with zero attached hydrogens (tertiary/aromatic N) is 2. The molecule has 138 valence electrons. The molecule has 27 heavy (non-hydrogen) atoms. The number of para-hydroxylation sites is 1. The topological polar surface area (TPSA) is 68.0 Å². The van der Waals surface area contributed by atoms with Crippen LogP contribution in [0.2, 0.25) is 0 Å². The number of carbonyl (C=O) groups is 1. The normalized spacial score (nSPS) is 11.3. The third-order valence-electron chi connectivity index (χ3n) is 4.51. The van der Waals surface area contributed by atoms with Crippen LogP contribution in [0.4, 0.5) is 0 Å². The first kappa shape index (κ1) is 19.0. The van der Waals surface area contributed by atoms with Crippen molar-refractivity contribution >= 4 is 28.6 Å². The highest BCUT2D eigenvalue weighted by molar-refractivity contribution is 8.00. The summed E-state index contributed by atoms with van der Waals surface area (Å²) in [7, 11) is 0. The molecule has 0 aliphatic rings. The average molecular weight is 379 g/mol. The van der Waals surface area contributed by atoms with E-state index in [4.69, 9.17) is 10.8 Å². The van der Waals surface area contributed by atoms with Crippen molar-refractivity contribution in [3.8, 4) is 23.9 Å². The van der Waals surface area contributed by atoms with Gasteiger partial charge in [-0.3, -0.25) is 4.79 Å². The van der Waals surface area contributed by atoms with Crippen LogP contribution in [-0.2, 0) is 4.79 Å². The van der Waals surface area contributed by atoms with Gasteiger partial charge in [-0.25, -0.2) is 9.97 Å². The van der Waals surface area contributed by atoms with Crippen LogP contribution in [0.15, 0.2) is 52.1 Å². The predicted molar refractivity (Wildman–Crippen MR) is 108 cm³/mol. The highest BCUT2D eigenvalue weighted by atomic mass is 32.2. The summed E-state index contributed by atoms with van der Waals surface area (Å²) < 4.78 is 5.42. The Hall–Kier alpha value is -2.78. The first-order valence-corrected chi connectivity index (χ1v) is 9.81. The molecule has 2 heterocycles. The van der Waals surface area contributed by atoms with E-state index in [-0.39, 0.29) is 11.7 Å². The van der Waals surface area contributed by atoms with Crippen LogP contribution < -0.4 is 5.32 Å². The van der Waals surface area contributed by atoms with Crippen molar-refractivity contribution in [2.75, 3.05) is 5.75 Å². The second-order valence-electron chi connectivity index (χ2n) is 6.12. The van der Waals surface area contributed by atoms with Crippen molar-refractivity contribution in [2.45, 2.75) is 37.3 Å². The van der Waals surface area contributed by atoms with Crippen LogP contribution in [0.5, 0.6) is 0 Å². The van der Waals surface area contributed by atoms with Gasteiger partial charge < -0.3 is 9.73 Å². The Morgan fingerprint density at radius 1 is 1.22 bits per heavy atom. The Labute approximate surface area is 163 Å². The van der Waals surface area contributed by atoms with Crippen molar-refractivity contribution in [1.82, 2.24) is 15.3 Å². The lowest BCUT2D eigenvalue weighted by Gasteiger charge is -2.26. The third kappa shape index (κ3) is 4.15. The quantitative estimate of drug-likeness (QED) is 0.377. The van der Waals surface area contributed by atoms with Crippen molar-refractivity contribution in [3.63, 3.8) is 0 Å². The molecule has 3 aromatic rings. The molecule has 6 heteroatoms. The summed E-state index contributed by atoms with van der Waals surface area (Å²) in [6.07, 6.45) is 8.60. The van der Waals surface area contributed by atoms with Crippen LogP contribution in [0.25, 0.3) is 22.5 Å². The largest absolute Gasteiger partial charge is 0.461 e. The zero-order valence-corrected chi connectivity index (χ0v) is 16.2. The van der Waals surface area contributed by atoms with Crippen molar-refractivity contribution in [1.29, 1.82) is 0 Å². The summed E-state index contributed by atoms with van der Waals surface area (Å²) in [5, 5.41) is 4.62. The standard InChI is InChI=1S/C21H21N3O2S/c1-4-21(5-2,6-3)24-18(25)14-27-20-15-10-7-8-11-16(15)22-19(23-20)17-12-9-13-26-17/h1,7-13H,5-6,14H2,2-3H3,(H,24,25). The van der Waals surface area contributed by atoms with Gasteiger partial charge in [0.05, 0.1) is 17.5 Å². The molecule has 5 nitrogen and oxygen atoms in total. The number of rotatable bonds is 7. The van der Waals surface area contributed by atoms with E-state index in [1.165, 1.54) is 11.8 Å². The summed E-state index contributed by atoms with van der Waals surface area (Å²) in [5.74, 6) is 3.93. The number of fused-ring (bicyclic) bond motifs is 1. The first-order chi connectivity index (χ1) is 13.1. The summed E-state index contributed by atoms with van der Waals surface area (Å²) in [6, 6.07) is 11.3. The minimum Gasteiger partial charge on any atom is -0.461 e. The minimum absolute atomic E-state index is 0.108. The zero-order chi connectivity index (χ0) is 19.3. The minimum atomic E-state index is -0.593. The fourth-order valence-electron chi connectivity index (χ4n) is 2.78. The molecule has 0 radical (unpaired) electrons. The lowest BCUT2D eigenvalue weighted by molar-refractivity contribution is -0.119. The molecule has 1 N–H and O–H groups in total. The maximum absolute atomic E-state index is 12.5. The SMILES string of the molecule is C#CC(CC)(CC)NC(=O)CSc1nc(-c2ccco2)nc2ccccc12. The molecule has 0 aliphatic heterocycles. The summed E-state index contributed by atoms with van der Waals surface area (Å²) in [6.45, 7) is 3.95. The maximum Gasteiger partial charge on any atom is 0.231 e. The number of carbonyl (C=O) groups excluding carboxylic acids is 1. The Morgan fingerprint density at radius 2 is 2.00 bits per heavy atom. The van der Waals surface area contributed by atoms with Crippen LogP contribution >= 0.6 is 11.8 Å². The fourth-order valence-corrected chi connectivity index (χ4v) is 3.60. The van der Waals surface area contributed by atoms with E-state index >= 15 is 0 Å². The van der Waals surface area contributed by atoms with Gasteiger partial charge in [-0.2, -0.15) is 0 Å². The second kappa shape index (κ2) is 8.28.